The smallest absolute Gasteiger partial charge is 0.305 e. The summed E-state index contributed by atoms with van der Waals surface area (Å²) >= 11 is 0. The zero-order chi connectivity index (χ0) is 20.2. The van der Waals surface area contributed by atoms with Crippen LogP contribution in [-0.2, 0) is 10.2 Å². The number of carbonyl (C=O) groups excluding carboxylic acids is 1. The van der Waals surface area contributed by atoms with Gasteiger partial charge < -0.3 is 20.1 Å². The van der Waals surface area contributed by atoms with E-state index in [9.17, 15) is 19.5 Å². The first kappa shape index (κ1) is 20.2. The molecule has 7 nitrogen and oxygen atoms in total. The molecule has 1 heterocycles. The van der Waals surface area contributed by atoms with E-state index in [0.29, 0.717) is 5.56 Å². The van der Waals surface area contributed by atoms with Crippen molar-refractivity contribution in [1.29, 1.82) is 0 Å². The molecule has 0 spiro atoms. The number of nitrogens with one attached hydrogen (secondary N) is 2. The number of H-pyrrole nitrogens is 1. The SMILES string of the molecule is COc1cc(=O)[nH]cc1C(=O)NC(CC(=O)O)c1ccc(C(C)(C)C)cc1. The zero-order valence-corrected chi connectivity index (χ0v) is 15.8. The van der Waals surface area contributed by atoms with E-state index in [1.807, 2.05) is 24.3 Å². The summed E-state index contributed by atoms with van der Waals surface area (Å²) in [7, 11) is 1.35. The summed E-state index contributed by atoms with van der Waals surface area (Å²) in [6.07, 6.45) is 0.975. The maximum atomic E-state index is 12.6. The second-order valence-corrected chi connectivity index (χ2v) is 7.28. The Balaban J connectivity index is 2.30. The predicted molar refractivity (Wildman–Crippen MR) is 101 cm³/mol. The van der Waals surface area contributed by atoms with E-state index in [1.54, 1.807) is 0 Å². The maximum Gasteiger partial charge on any atom is 0.305 e. The van der Waals surface area contributed by atoms with Gasteiger partial charge in [-0.3, -0.25) is 14.4 Å². The summed E-state index contributed by atoms with van der Waals surface area (Å²) in [5.41, 5.74) is 1.48. The van der Waals surface area contributed by atoms with Gasteiger partial charge in [0.05, 0.1) is 25.1 Å². The van der Waals surface area contributed by atoms with Crippen molar-refractivity contribution in [3.63, 3.8) is 0 Å². The molecule has 144 valence electrons. The number of benzene rings is 1. The predicted octanol–water partition coefficient (Wildman–Crippen LogP) is 2.63. The summed E-state index contributed by atoms with van der Waals surface area (Å²) in [5, 5.41) is 11.9. The lowest BCUT2D eigenvalue weighted by molar-refractivity contribution is -0.137. The van der Waals surface area contributed by atoms with Gasteiger partial charge in [-0.15, -0.1) is 0 Å². The van der Waals surface area contributed by atoms with Gasteiger partial charge in [0.15, 0.2) is 0 Å². The van der Waals surface area contributed by atoms with E-state index in [4.69, 9.17) is 4.74 Å². The molecule has 27 heavy (non-hydrogen) atoms. The van der Waals surface area contributed by atoms with Crippen LogP contribution in [0, 0.1) is 0 Å². The molecule has 0 radical (unpaired) electrons. The average molecular weight is 372 g/mol. The molecule has 0 fully saturated rings. The van der Waals surface area contributed by atoms with Crippen LogP contribution in [-0.4, -0.2) is 29.1 Å². The number of pyridine rings is 1. The summed E-state index contributed by atoms with van der Waals surface area (Å²) in [4.78, 5) is 37.7. The number of aromatic amines is 1. The largest absolute Gasteiger partial charge is 0.496 e. The lowest BCUT2D eigenvalue weighted by Crippen LogP contribution is -2.31. The third-order valence-electron chi connectivity index (χ3n) is 4.21. The van der Waals surface area contributed by atoms with Crippen LogP contribution in [0.4, 0.5) is 0 Å². The van der Waals surface area contributed by atoms with Gasteiger partial charge in [-0.25, -0.2) is 0 Å². The van der Waals surface area contributed by atoms with Crippen LogP contribution in [0.15, 0.2) is 41.3 Å². The van der Waals surface area contributed by atoms with Gasteiger partial charge in [-0.2, -0.15) is 0 Å². The summed E-state index contributed by atoms with van der Waals surface area (Å²) in [6, 6.07) is 7.94. The number of methoxy groups -OCH3 is 1. The first-order chi connectivity index (χ1) is 12.6. The number of amides is 1. The van der Waals surface area contributed by atoms with E-state index in [1.165, 1.54) is 19.4 Å². The van der Waals surface area contributed by atoms with Gasteiger partial charge >= 0.3 is 5.97 Å². The molecule has 7 heteroatoms. The van der Waals surface area contributed by atoms with Gasteiger partial charge in [0, 0.05) is 12.3 Å². The Hall–Kier alpha value is -3.09. The third-order valence-corrected chi connectivity index (χ3v) is 4.21. The Morgan fingerprint density at radius 3 is 2.37 bits per heavy atom. The van der Waals surface area contributed by atoms with Crippen LogP contribution in [0.3, 0.4) is 0 Å². The Bertz CT molecular complexity index is 878. The number of ether oxygens (including phenoxy) is 1. The second-order valence-electron chi connectivity index (χ2n) is 7.28. The van der Waals surface area contributed by atoms with E-state index in [2.05, 4.69) is 31.1 Å². The molecule has 1 aromatic carbocycles. The minimum Gasteiger partial charge on any atom is -0.496 e. The monoisotopic (exact) mass is 372 g/mol. The first-order valence-electron chi connectivity index (χ1n) is 8.51. The molecule has 0 aliphatic heterocycles. The standard InChI is InChI=1S/C20H24N2O5/c1-20(2,3)13-7-5-12(6-8-13)15(9-18(24)25)22-19(26)14-11-21-17(23)10-16(14)27-4/h5-8,10-11,15H,9H2,1-4H3,(H,21,23)(H,22,26)(H,24,25). The Kier molecular flexibility index (Phi) is 6.05. The number of carbonyl (C=O) groups is 2. The van der Waals surface area contributed by atoms with Gasteiger partial charge in [0.25, 0.3) is 11.5 Å². The number of rotatable bonds is 6. The van der Waals surface area contributed by atoms with Crippen molar-refractivity contribution in [3.8, 4) is 5.75 Å². The molecule has 1 atom stereocenters. The lowest BCUT2D eigenvalue weighted by atomic mass is 9.86. The van der Waals surface area contributed by atoms with Gasteiger partial charge in [0.1, 0.15) is 5.75 Å². The molecule has 3 N–H and O–H groups in total. The first-order valence-corrected chi connectivity index (χ1v) is 8.51. The molecule has 0 aliphatic carbocycles. The molecular formula is C20H24N2O5. The van der Waals surface area contributed by atoms with E-state index in [0.717, 1.165) is 5.56 Å². The van der Waals surface area contributed by atoms with Crippen molar-refractivity contribution >= 4 is 11.9 Å². The van der Waals surface area contributed by atoms with Crippen LogP contribution in [0.5, 0.6) is 5.75 Å². The summed E-state index contributed by atoms with van der Waals surface area (Å²) < 4.78 is 5.07. The lowest BCUT2D eigenvalue weighted by Gasteiger charge is -2.22. The second kappa shape index (κ2) is 8.07. The Morgan fingerprint density at radius 2 is 1.85 bits per heavy atom. The molecular weight excluding hydrogens is 348 g/mol. The molecule has 0 saturated heterocycles. The van der Waals surface area contributed by atoms with Gasteiger partial charge in [-0.1, -0.05) is 45.0 Å². The average Bonchev–Trinajstić information content (AvgIpc) is 2.59. The normalized spacial score (nSPS) is 12.3. The number of hydrogen-bond acceptors (Lipinski definition) is 4. The number of aliphatic carboxylic acids is 1. The quantitative estimate of drug-likeness (QED) is 0.722. The molecule has 0 saturated carbocycles. The highest BCUT2D eigenvalue weighted by Crippen LogP contribution is 2.25. The van der Waals surface area contributed by atoms with E-state index >= 15 is 0 Å². The molecule has 0 aliphatic rings. The maximum absolute atomic E-state index is 12.6. The molecule has 1 unspecified atom stereocenters. The Labute approximate surface area is 157 Å². The van der Waals surface area contributed by atoms with Crippen molar-refractivity contribution in [2.75, 3.05) is 7.11 Å². The highest BCUT2D eigenvalue weighted by molar-refractivity contribution is 5.97. The molecule has 2 aromatic rings. The molecule has 0 bridgehead atoms. The Morgan fingerprint density at radius 1 is 1.22 bits per heavy atom. The van der Waals surface area contributed by atoms with Crippen LogP contribution >= 0.6 is 0 Å². The van der Waals surface area contributed by atoms with Crippen molar-refractivity contribution in [3.05, 3.63) is 63.6 Å². The van der Waals surface area contributed by atoms with Crippen molar-refractivity contribution in [2.45, 2.75) is 38.6 Å². The highest BCUT2D eigenvalue weighted by Gasteiger charge is 2.22. The van der Waals surface area contributed by atoms with Crippen molar-refractivity contribution in [2.24, 2.45) is 0 Å². The molecule has 1 amide bonds. The highest BCUT2D eigenvalue weighted by atomic mass is 16.5. The van der Waals surface area contributed by atoms with E-state index < -0.39 is 23.5 Å². The van der Waals surface area contributed by atoms with Crippen LogP contribution in [0.2, 0.25) is 0 Å². The molecule has 1 aromatic heterocycles. The number of carboxylic acids is 1. The third kappa shape index (κ3) is 5.20. The fourth-order valence-corrected chi connectivity index (χ4v) is 2.68. The van der Waals surface area contributed by atoms with Crippen LogP contribution in [0.1, 0.15) is 54.7 Å². The van der Waals surface area contributed by atoms with Gasteiger partial charge in [0.2, 0.25) is 0 Å². The van der Waals surface area contributed by atoms with Crippen molar-refractivity contribution < 1.29 is 19.4 Å². The zero-order valence-electron chi connectivity index (χ0n) is 15.8. The minimum absolute atomic E-state index is 0.0344. The summed E-state index contributed by atoms with van der Waals surface area (Å²) in [6.45, 7) is 6.25. The van der Waals surface area contributed by atoms with Gasteiger partial charge in [-0.05, 0) is 16.5 Å². The van der Waals surface area contributed by atoms with Crippen molar-refractivity contribution in [1.82, 2.24) is 10.3 Å². The van der Waals surface area contributed by atoms with Crippen LogP contribution in [0.25, 0.3) is 0 Å². The van der Waals surface area contributed by atoms with E-state index in [-0.39, 0.29) is 23.1 Å². The minimum atomic E-state index is -1.03. The number of aromatic nitrogens is 1. The number of hydrogen-bond donors (Lipinski definition) is 3. The number of carboxylic acid groups (broad SMARTS) is 1. The fourth-order valence-electron chi connectivity index (χ4n) is 2.68. The fraction of sp³-hybridized carbons (Fsp3) is 0.350. The molecule has 2 rings (SSSR count). The van der Waals surface area contributed by atoms with Crippen LogP contribution < -0.4 is 15.6 Å². The summed E-state index contributed by atoms with van der Waals surface area (Å²) in [5.74, 6) is -1.45. The topological polar surface area (TPSA) is 108 Å².